The molecule has 0 atom stereocenters. The van der Waals surface area contributed by atoms with Crippen LogP contribution in [0.5, 0.6) is 0 Å². The highest BCUT2D eigenvalue weighted by Crippen LogP contribution is 2.34. The molecule has 3 rings (SSSR count). The topological polar surface area (TPSA) is 57.3 Å². The zero-order valence-electron chi connectivity index (χ0n) is 15.2. The van der Waals surface area contributed by atoms with Crippen molar-refractivity contribution < 1.29 is 9.66 Å². The number of methoxy groups -OCH3 is 1. The molecule has 0 bridgehead atoms. The van der Waals surface area contributed by atoms with Crippen LogP contribution in [0.25, 0.3) is 11.1 Å². The van der Waals surface area contributed by atoms with E-state index in [1.807, 2.05) is 30.3 Å². The monoisotopic (exact) mass is 350 g/mol. The van der Waals surface area contributed by atoms with Crippen LogP contribution in [0.1, 0.15) is 22.5 Å². The predicted molar refractivity (Wildman–Crippen MR) is 102 cm³/mol. The fourth-order valence-corrected chi connectivity index (χ4v) is 3.41. The molecular formula is C21H22N2O3. The van der Waals surface area contributed by atoms with Crippen molar-refractivity contribution in [1.82, 2.24) is 4.57 Å². The molecule has 0 amide bonds. The van der Waals surface area contributed by atoms with E-state index in [4.69, 9.17) is 4.74 Å². The summed E-state index contributed by atoms with van der Waals surface area (Å²) in [5.41, 5.74) is 6.79. The molecule has 0 saturated heterocycles. The summed E-state index contributed by atoms with van der Waals surface area (Å²) in [7, 11) is 1.68. The summed E-state index contributed by atoms with van der Waals surface area (Å²) < 4.78 is 7.71. The largest absolute Gasteiger partial charge is 0.380 e. The second-order valence-corrected chi connectivity index (χ2v) is 6.33. The van der Waals surface area contributed by atoms with Crippen LogP contribution >= 0.6 is 0 Å². The summed E-state index contributed by atoms with van der Waals surface area (Å²) in [5.74, 6) is 0. The molecule has 134 valence electrons. The summed E-state index contributed by atoms with van der Waals surface area (Å²) in [4.78, 5) is 10.6. The summed E-state index contributed by atoms with van der Waals surface area (Å²) in [6.45, 7) is 5.47. The molecule has 0 fully saturated rings. The lowest BCUT2D eigenvalue weighted by Crippen LogP contribution is -2.04. The van der Waals surface area contributed by atoms with Crippen molar-refractivity contribution in [2.24, 2.45) is 0 Å². The van der Waals surface area contributed by atoms with Gasteiger partial charge in [-0.1, -0.05) is 30.3 Å². The van der Waals surface area contributed by atoms with Crippen molar-refractivity contribution in [3.05, 3.63) is 87.2 Å². The number of nitro groups is 1. The van der Waals surface area contributed by atoms with Crippen molar-refractivity contribution in [3.63, 3.8) is 0 Å². The van der Waals surface area contributed by atoms with Crippen LogP contribution in [0.2, 0.25) is 0 Å². The normalized spacial score (nSPS) is 10.9. The lowest BCUT2D eigenvalue weighted by molar-refractivity contribution is -0.384. The van der Waals surface area contributed by atoms with E-state index in [1.165, 1.54) is 5.56 Å². The molecule has 1 heterocycles. The van der Waals surface area contributed by atoms with Gasteiger partial charge in [-0.2, -0.15) is 0 Å². The lowest BCUT2D eigenvalue weighted by atomic mass is 10.0. The minimum absolute atomic E-state index is 0.0973. The van der Waals surface area contributed by atoms with E-state index in [9.17, 15) is 10.1 Å². The summed E-state index contributed by atoms with van der Waals surface area (Å²) >= 11 is 0. The van der Waals surface area contributed by atoms with Crippen LogP contribution in [0.15, 0.2) is 54.6 Å². The molecule has 0 aliphatic carbocycles. The quantitative estimate of drug-likeness (QED) is 0.470. The van der Waals surface area contributed by atoms with E-state index in [0.717, 1.165) is 34.6 Å². The lowest BCUT2D eigenvalue weighted by Gasteiger charge is -2.10. The Hall–Kier alpha value is -2.92. The van der Waals surface area contributed by atoms with E-state index in [1.54, 1.807) is 19.2 Å². The fraction of sp³-hybridized carbons (Fsp3) is 0.238. The first kappa shape index (κ1) is 17.9. The Balaban J connectivity index is 2.09. The molecule has 0 spiro atoms. The number of benzene rings is 2. The van der Waals surface area contributed by atoms with E-state index in [2.05, 4.69) is 30.5 Å². The number of nitrogens with zero attached hydrogens (tertiary/aromatic N) is 2. The summed E-state index contributed by atoms with van der Waals surface area (Å²) in [6, 6.07) is 17.0. The van der Waals surface area contributed by atoms with Gasteiger partial charge in [0.25, 0.3) is 5.69 Å². The first-order chi connectivity index (χ1) is 12.5. The maximum absolute atomic E-state index is 10.9. The molecule has 2 aromatic carbocycles. The molecule has 0 radical (unpaired) electrons. The summed E-state index contributed by atoms with van der Waals surface area (Å²) in [6.07, 6.45) is 0. The molecule has 5 nitrogen and oxygen atoms in total. The Labute approximate surface area is 153 Å². The molecule has 0 saturated carbocycles. The van der Waals surface area contributed by atoms with Gasteiger partial charge in [-0.15, -0.1) is 0 Å². The first-order valence-corrected chi connectivity index (χ1v) is 8.49. The number of aromatic nitrogens is 1. The summed E-state index contributed by atoms with van der Waals surface area (Å²) in [5, 5.41) is 10.9. The Morgan fingerprint density at radius 1 is 1.00 bits per heavy atom. The SMILES string of the molecule is COCc1c(-c2ccc([N+](=O)[O-])cc2)c(C)n(Cc2ccccc2)c1C. The van der Waals surface area contributed by atoms with Crippen LogP contribution in [0.4, 0.5) is 5.69 Å². The maximum Gasteiger partial charge on any atom is 0.269 e. The van der Waals surface area contributed by atoms with Crippen molar-refractivity contribution >= 4 is 5.69 Å². The van der Waals surface area contributed by atoms with Crippen molar-refractivity contribution in [2.75, 3.05) is 7.11 Å². The molecule has 5 heteroatoms. The number of hydrogen-bond acceptors (Lipinski definition) is 3. The Bertz CT molecular complexity index is 913. The zero-order chi connectivity index (χ0) is 18.7. The zero-order valence-corrected chi connectivity index (χ0v) is 15.2. The average Bonchev–Trinajstić information content (AvgIpc) is 2.87. The Kier molecular flexibility index (Phi) is 5.19. The standard InChI is InChI=1S/C21H22N2O3/c1-15-20(14-26-3)21(18-9-11-19(12-10-18)23(24)25)16(2)22(15)13-17-7-5-4-6-8-17/h4-12H,13-14H2,1-3H3. The minimum Gasteiger partial charge on any atom is -0.380 e. The third kappa shape index (κ3) is 3.39. The number of non-ortho nitro benzene ring substituents is 1. The predicted octanol–water partition coefficient (Wildman–Crippen LogP) is 4.87. The molecule has 0 N–H and O–H groups in total. The second kappa shape index (κ2) is 7.54. The van der Waals surface area contributed by atoms with Gasteiger partial charge in [0.15, 0.2) is 0 Å². The van der Waals surface area contributed by atoms with E-state index >= 15 is 0 Å². The van der Waals surface area contributed by atoms with Gasteiger partial charge in [0, 0.05) is 48.3 Å². The van der Waals surface area contributed by atoms with Crippen LogP contribution in [-0.4, -0.2) is 16.6 Å². The van der Waals surface area contributed by atoms with Gasteiger partial charge < -0.3 is 9.30 Å². The number of rotatable bonds is 6. The molecule has 3 aromatic rings. The maximum atomic E-state index is 10.9. The minimum atomic E-state index is -0.376. The van der Waals surface area contributed by atoms with Crippen molar-refractivity contribution in [1.29, 1.82) is 0 Å². The highest BCUT2D eigenvalue weighted by atomic mass is 16.6. The van der Waals surface area contributed by atoms with Crippen molar-refractivity contribution in [3.8, 4) is 11.1 Å². The number of hydrogen-bond donors (Lipinski definition) is 0. The van der Waals surface area contributed by atoms with Gasteiger partial charge in [-0.05, 0) is 37.1 Å². The molecule has 1 aromatic heterocycles. The van der Waals surface area contributed by atoms with Gasteiger partial charge in [-0.25, -0.2) is 0 Å². The Morgan fingerprint density at radius 2 is 1.65 bits per heavy atom. The number of nitro benzene ring substituents is 1. The van der Waals surface area contributed by atoms with Crippen molar-refractivity contribution in [2.45, 2.75) is 27.0 Å². The smallest absolute Gasteiger partial charge is 0.269 e. The van der Waals surface area contributed by atoms with Gasteiger partial charge in [0.1, 0.15) is 0 Å². The van der Waals surface area contributed by atoms with Gasteiger partial charge in [0.05, 0.1) is 11.5 Å². The Morgan fingerprint density at radius 3 is 2.23 bits per heavy atom. The molecular weight excluding hydrogens is 328 g/mol. The third-order valence-corrected chi connectivity index (χ3v) is 4.75. The highest BCUT2D eigenvalue weighted by Gasteiger charge is 2.19. The molecule has 26 heavy (non-hydrogen) atoms. The number of ether oxygens (including phenoxy) is 1. The van der Waals surface area contributed by atoms with Gasteiger partial charge >= 0.3 is 0 Å². The molecule has 0 aliphatic rings. The van der Waals surface area contributed by atoms with E-state index in [0.29, 0.717) is 6.61 Å². The van der Waals surface area contributed by atoms with Crippen LogP contribution in [-0.2, 0) is 17.9 Å². The molecule has 0 aliphatic heterocycles. The van der Waals surface area contributed by atoms with E-state index in [-0.39, 0.29) is 10.6 Å². The van der Waals surface area contributed by atoms with Crippen LogP contribution < -0.4 is 0 Å². The van der Waals surface area contributed by atoms with Crippen LogP contribution in [0, 0.1) is 24.0 Å². The average molecular weight is 350 g/mol. The first-order valence-electron chi connectivity index (χ1n) is 8.49. The van der Waals surface area contributed by atoms with Gasteiger partial charge in [-0.3, -0.25) is 10.1 Å². The van der Waals surface area contributed by atoms with Gasteiger partial charge in [0.2, 0.25) is 0 Å². The molecule has 0 unspecified atom stereocenters. The second-order valence-electron chi connectivity index (χ2n) is 6.33. The fourth-order valence-electron chi connectivity index (χ4n) is 3.41. The van der Waals surface area contributed by atoms with Crippen LogP contribution in [0.3, 0.4) is 0 Å². The van der Waals surface area contributed by atoms with E-state index < -0.39 is 0 Å². The third-order valence-electron chi connectivity index (χ3n) is 4.75. The highest BCUT2D eigenvalue weighted by molar-refractivity contribution is 5.72.